The monoisotopic (exact) mass is 375 g/mol. The standard InChI is InChI=1S/C19H25N3O3S/c1-13-16-7-5-6-8-18(16)20-14(2)17(13)11-19(23)22(21(3)4)15-9-10-26(24,25)12-15/h5-8,15H,9-12H2,1-4H3. The van der Waals surface area contributed by atoms with Crippen LogP contribution < -0.4 is 0 Å². The maximum atomic E-state index is 13.1. The summed E-state index contributed by atoms with van der Waals surface area (Å²) in [5.41, 5.74) is 3.73. The van der Waals surface area contributed by atoms with Crippen molar-refractivity contribution in [1.82, 2.24) is 15.0 Å². The topological polar surface area (TPSA) is 70.6 Å². The van der Waals surface area contributed by atoms with E-state index in [1.54, 1.807) is 24.1 Å². The summed E-state index contributed by atoms with van der Waals surface area (Å²) < 4.78 is 23.7. The third-order valence-electron chi connectivity index (χ3n) is 5.05. The van der Waals surface area contributed by atoms with Gasteiger partial charge in [-0.25, -0.2) is 13.4 Å². The van der Waals surface area contributed by atoms with Gasteiger partial charge in [-0.15, -0.1) is 0 Å². The number of hydrogen-bond acceptors (Lipinski definition) is 5. The molecule has 1 aliphatic heterocycles. The van der Waals surface area contributed by atoms with Crippen LogP contribution in [0.15, 0.2) is 24.3 Å². The normalized spacial score (nSPS) is 19.2. The Morgan fingerprint density at radius 3 is 2.54 bits per heavy atom. The first-order valence-corrected chi connectivity index (χ1v) is 10.6. The second-order valence-corrected chi connectivity index (χ2v) is 9.37. The number of aromatic nitrogens is 1. The lowest BCUT2D eigenvalue weighted by atomic mass is 9.99. The molecule has 0 radical (unpaired) electrons. The van der Waals surface area contributed by atoms with Crippen molar-refractivity contribution in [3.8, 4) is 0 Å². The fourth-order valence-electron chi connectivity index (χ4n) is 3.78. The Morgan fingerprint density at radius 1 is 1.23 bits per heavy atom. The Labute approximate surface area is 154 Å². The van der Waals surface area contributed by atoms with E-state index in [9.17, 15) is 13.2 Å². The molecule has 2 aromatic rings. The van der Waals surface area contributed by atoms with E-state index < -0.39 is 9.84 Å². The molecule has 26 heavy (non-hydrogen) atoms. The van der Waals surface area contributed by atoms with Crippen molar-refractivity contribution in [3.63, 3.8) is 0 Å². The molecule has 2 heterocycles. The molecule has 6 nitrogen and oxygen atoms in total. The molecule has 1 fully saturated rings. The smallest absolute Gasteiger partial charge is 0.241 e. The molecule has 1 atom stereocenters. The van der Waals surface area contributed by atoms with E-state index in [1.165, 1.54) is 0 Å². The summed E-state index contributed by atoms with van der Waals surface area (Å²) in [7, 11) is 0.500. The summed E-state index contributed by atoms with van der Waals surface area (Å²) in [5.74, 6) is 0.0794. The minimum absolute atomic E-state index is 0.0326. The minimum atomic E-state index is -3.06. The van der Waals surface area contributed by atoms with Crippen LogP contribution in [0.25, 0.3) is 10.9 Å². The summed E-state index contributed by atoms with van der Waals surface area (Å²) in [6, 6.07) is 7.60. The van der Waals surface area contributed by atoms with Crippen LogP contribution in [0.4, 0.5) is 0 Å². The average Bonchev–Trinajstić information content (AvgIpc) is 2.90. The van der Waals surface area contributed by atoms with Gasteiger partial charge in [0.05, 0.1) is 29.5 Å². The minimum Gasteiger partial charge on any atom is -0.273 e. The highest BCUT2D eigenvalue weighted by Crippen LogP contribution is 2.25. The van der Waals surface area contributed by atoms with Crippen LogP contribution in [0.1, 0.15) is 23.2 Å². The molecule has 1 amide bonds. The zero-order valence-electron chi connectivity index (χ0n) is 15.7. The van der Waals surface area contributed by atoms with Gasteiger partial charge in [-0.3, -0.25) is 14.8 Å². The lowest BCUT2D eigenvalue weighted by Gasteiger charge is -2.34. The average molecular weight is 375 g/mol. The van der Waals surface area contributed by atoms with E-state index in [1.807, 2.05) is 38.1 Å². The van der Waals surface area contributed by atoms with E-state index in [0.29, 0.717) is 6.42 Å². The van der Waals surface area contributed by atoms with Crippen LogP contribution >= 0.6 is 0 Å². The van der Waals surface area contributed by atoms with E-state index in [2.05, 4.69) is 4.98 Å². The summed E-state index contributed by atoms with van der Waals surface area (Å²) in [5, 5.41) is 4.34. The molecule has 0 bridgehead atoms. The summed E-state index contributed by atoms with van der Waals surface area (Å²) >= 11 is 0. The number of rotatable bonds is 4. The molecule has 3 rings (SSSR count). The first kappa shape index (κ1) is 18.8. The Morgan fingerprint density at radius 2 is 1.92 bits per heavy atom. The number of benzene rings is 1. The van der Waals surface area contributed by atoms with Crippen molar-refractivity contribution >= 4 is 26.6 Å². The molecule has 140 valence electrons. The van der Waals surface area contributed by atoms with Gasteiger partial charge in [0, 0.05) is 25.2 Å². The lowest BCUT2D eigenvalue weighted by Crippen LogP contribution is -2.50. The van der Waals surface area contributed by atoms with Gasteiger partial charge in [0.2, 0.25) is 5.91 Å². The maximum absolute atomic E-state index is 13.1. The van der Waals surface area contributed by atoms with Crippen molar-refractivity contribution in [2.24, 2.45) is 0 Å². The highest BCUT2D eigenvalue weighted by molar-refractivity contribution is 7.91. The second-order valence-electron chi connectivity index (χ2n) is 7.14. The van der Waals surface area contributed by atoms with Crippen LogP contribution in [0.3, 0.4) is 0 Å². The lowest BCUT2D eigenvalue weighted by molar-refractivity contribution is -0.148. The number of nitrogens with zero attached hydrogens (tertiary/aromatic N) is 3. The van der Waals surface area contributed by atoms with Gasteiger partial charge < -0.3 is 0 Å². The predicted molar refractivity (Wildman–Crippen MR) is 103 cm³/mol. The van der Waals surface area contributed by atoms with Crippen molar-refractivity contribution in [2.45, 2.75) is 32.7 Å². The van der Waals surface area contributed by atoms with Gasteiger partial charge in [0.25, 0.3) is 0 Å². The van der Waals surface area contributed by atoms with Gasteiger partial charge in [-0.1, -0.05) is 18.2 Å². The molecule has 0 N–H and O–H groups in total. The molecular weight excluding hydrogens is 350 g/mol. The van der Waals surface area contributed by atoms with Crippen molar-refractivity contribution in [3.05, 3.63) is 41.1 Å². The zero-order chi connectivity index (χ0) is 19.1. The number of carbonyl (C=O) groups excluding carboxylic acids is 1. The third kappa shape index (κ3) is 3.59. The summed E-state index contributed by atoms with van der Waals surface area (Å²) in [6.45, 7) is 3.93. The van der Waals surface area contributed by atoms with E-state index >= 15 is 0 Å². The zero-order valence-corrected chi connectivity index (χ0v) is 16.5. The number of carbonyl (C=O) groups is 1. The Bertz CT molecular complexity index is 954. The number of fused-ring (bicyclic) bond motifs is 1. The van der Waals surface area contributed by atoms with Gasteiger partial charge >= 0.3 is 0 Å². The molecule has 1 unspecified atom stereocenters. The highest BCUT2D eigenvalue weighted by atomic mass is 32.2. The summed E-state index contributed by atoms with van der Waals surface area (Å²) in [6.07, 6.45) is 0.699. The van der Waals surface area contributed by atoms with Crippen LogP contribution in [0, 0.1) is 13.8 Å². The largest absolute Gasteiger partial charge is 0.273 e. The number of sulfone groups is 1. The predicted octanol–water partition coefficient (Wildman–Crippen LogP) is 1.89. The first-order valence-electron chi connectivity index (χ1n) is 8.74. The van der Waals surface area contributed by atoms with Crippen LogP contribution in [0.5, 0.6) is 0 Å². The van der Waals surface area contributed by atoms with Gasteiger partial charge in [0.15, 0.2) is 9.84 Å². The highest BCUT2D eigenvalue weighted by Gasteiger charge is 2.36. The quantitative estimate of drug-likeness (QED) is 0.763. The van der Waals surface area contributed by atoms with Crippen molar-refractivity contribution in [1.29, 1.82) is 0 Å². The molecular formula is C19H25N3O3S. The molecule has 1 saturated heterocycles. The number of pyridine rings is 1. The number of para-hydroxylation sites is 1. The second kappa shape index (κ2) is 6.96. The molecule has 0 aliphatic carbocycles. The molecule has 7 heteroatoms. The molecule has 1 aromatic carbocycles. The Kier molecular flexibility index (Phi) is 5.03. The summed E-state index contributed by atoms with van der Waals surface area (Å²) in [4.78, 5) is 17.7. The van der Waals surface area contributed by atoms with E-state index in [-0.39, 0.29) is 29.9 Å². The van der Waals surface area contributed by atoms with E-state index in [0.717, 1.165) is 27.7 Å². The number of hydrogen-bond donors (Lipinski definition) is 0. The fraction of sp³-hybridized carbons (Fsp3) is 0.474. The Balaban J connectivity index is 1.92. The van der Waals surface area contributed by atoms with Crippen LogP contribution in [-0.4, -0.2) is 61.0 Å². The van der Waals surface area contributed by atoms with Gasteiger partial charge in [-0.2, -0.15) is 0 Å². The van der Waals surface area contributed by atoms with Crippen LogP contribution in [0.2, 0.25) is 0 Å². The SMILES string of the molecule is Cc1nc2ccccc2c(C)c1CC(=O)N(C1CCS(=O)(=O)C1)N(C)C. The first-order chi connectivity index (χ1) is 12.2. The van der Waals surface area contributed by atoms with Gasteiger partial charge in [0.1, 0.15) is 0 Å². The third-order valence-corrected chi connectivity index (χ3v) is 6.80. The van der Waals surface area contributed by atoms with Crippen molar-refractivity contribution in [2.75, 3.05) is 25.6 Å². The van der Waals surface area contributed by atoms with Crippen molar-refractivity contribution < 1.29 is 13.2 Å². The van der Waals surface area contributed by atoms with E-state index in [4.69, 9.17) is 0 Å². The molecule has 0 saturated carbocycles. The molecule has 0 spiro atoms. The molecule has 1 aliphatic rings. The fourth-order valence-corrected chi connectivity index (χ4v) is 5.48. The Hall–Kier alpha value is -1.99. The van der Waals surface area contributed by atoms with Crippen LogP contribution in [-0.2, 0) is 21.1 Å². The van der Waals surface area contributed by atoms with Gasteiger partial charge in [-0.05, 0) is 37.5 Å². The number of amides is 1. The number of hydrazine groups is 1. The number of aryl methyl sites for hydroxylation is 2. The maximum Gasteiger partial charge on any atom is 0.241 e. The molecule has 1 aromatic heterocycles.